The third kappa shape index (κ3) is 14.9. The Hall–Kier alpha value is -19.2. The summed E-state index contributed by atoms with van der Waals surface area (Å²) >= 11 is 1.86. The van der Waals surface area contributed by atoms with Crippen LogP contribution in [0.1, 0.15) is 0 Å². The Labute approximate surface area is 832 Å². The van der Waals surface area contributed by atoms with Crippen molar-refractivity contribution in [3.8, 4) is 130 Å². The van der Waals surface area contributed by atoms with Gasteiger partial charge in [-0.3, -0.25) is 9.13 Å². The Balaban J connectivity index is 0.000000108. The summed E-state index contributed by atoms with van der Waals surface area (Å²) in [6, 6.07) is 177. The van der Waals surface area contributed by atoms with E-state index in [0.717, 1.165) is 117 Å². The van der Waals surface area contributed by atoms with Gasteiger partial charge in [-0.2, -0.15) is 0 Å². The van der Waals surface area contributed by atoms with Gasteiger partial charge in [0, 0.05) is 131 Å². The second-order valence-corrected chi connectivity index (χ2v) is 37.3. The molecule has 0 unspecified atom stereocenters. The van der Waals surface area contributed by atoms with Gasteiger partial charge in [0.2, 0.25) is 11.9 Å². The maximum atomic E-state index is 5.23. The molecule has 0 spiro atoms. The standard InChI is InChI=1S/C46H30N4.C45H29N5.C40H25N3S/c1-4-14-31(15-5-1)40-30-41(32-16-6-2-7-17-32)48-46(47-40)50-43-23-13-10-20-36(43)38-26-24-34(29-45(38)50)33-25-27-44-39(28-33)37-21-11-12-22-42(37)49(44)35-18-8-3-9-19-35;1-3-14-30(15-4-1)43-46-44(31-16-5-2-6-17-31)48-45(47-43)32-18-13-19-33(28-32)49-41-25-12-9-22-37(41)38-29-34(26-27-42(38)49)50-39-23-10-7-20-35(39)36-21-8-11-24-40(36)50;1-2-9-26(10-3-1)27-17-19-28(20-18-27)29-11-8-12-30(25-29)34-23-24-41-40(42-34)43-35-15-6-4-14-33(35)38-36(43)22-21-32-31-13-5-7-16-37(31)44-39(32)38/h1-30H;1-29H;1-25H. The van der Waals surface area contributed by atoms with E-state index in [9.17, 15) is 0 Å². The average molecular weight is 1860 g/mol. The van der Waals surface area contributed by atoms with Gasteiger partial charge in [-0.25, -0.2) is 34.9 Å². The van der Waals surface area contributed by atoms with Crippen molar-refractivity contribution in [1.82, 2.24) is 57.7 Å². The first kappa shape index (κ1) is 84.1. The Morgan fingerprint density at radius 1 is 0.160 bits per heavy atom. The molecule has 0 saturated carbocycles. The monoisotopic (exact) mass is 1860 g/mol. The van der Waals surface area contributed by atoms with E-state index in [2.05, 4.69) is 441 Å². The fourth-order valence-corrected chi connectivity index (χ4v) is 22.4. The molecule has 0 fully saturated rings. The van der Waals surface area contributed by atoms with Gasteiger partial charge in [0.05, 0.1) is 72.2 Å². The van der Waals surface area contributed by atoms with Crippen LogP contribution in [0.3, 0.4) is 0 Å². The molecule has 0 aliphatic heterocycles. The predicted molar refractivity (Wildman–Crippen MR) is 597 cm³/mol. The van der Waals surface area contributed by atoms with E-state index >= 15 is 0 Å². The molecule has 674 valence electrons. The minimum atomic E-state index is 0.633. The molecule has 0 N–H and O–H groups in total. The van der Waals surface area contributed by atoms with Gasteiger partial charge in [-0.1, -0.05) is 376 Å². The van der Waals surface area contributed by atoms with Crippen molar-refractivity contribution >= 4 is 141 Å². The highest BCUT2D eigenvalue weighted by atomic mass is 32.1. The first-order chi connectivity index (χ1) is 71.4. The molecule has 12 nitrogen and oxygen atoms in total. The Morgan fingerprint density at radius 2 is 0.507 bits per heavy atom. The highest BCUT2D eigenvalue weighted by molar-refractivity contribution is 7.26. The van der Waals surface area contributed by atoms with Gasteiger partial charge in [0.1, 0.15) is 0 Å². The number of fused-ring (bicyclic) bond motifs is 19. The van der Waals surface area contributed by atoms with Crippen LogP contribution in [0.4, 0.5) is 0 Å². The topological polar surface area (TPSA) is 115 Å². The quantitative estimate of drug-likeness (QED) is 0.106. The van der Waals surface area contributed by atoms with Crippen LogP contribution < -0.4 is 0 Å². The van der Waals surface area contributed by atoms with Crippen LogP contribution in [0.25, 0.3) is 259 Å². The van der Waals surface area contributed by atoms with E-state index in [1.165, 1.54) is 113 Å². The van der Waals surface area contributed by atoms with Crippen LogP contribution in [0.2, 0.25) is 0 Å². The summed E-state index contributed by atoms with van der Waals surface area (Å²) in [5, 5.41) is 14.8. The molecule has 0 bridgehead atoms. The van der Waals surface area contributed by atoms with Crippen LogP contribution in [0.15, 0.2) is 510 Å². The van der Waals surface area contributed by atoms with E-state index in [4.69, 9.17) is 34.9 Å². The Morgan fingerprint density at radius 3 is 1.08 bits per heavy atom. The predicted octanol–water partition coefficient (Wildman–Crippen LogP) is 33.7. The molecular formula is C131H84N12S. The van der Waals surface area contributed by atoms with Crippen LogP contribution >= 0.6 is 11.3 Å². The van der Waals surface area contributed by atoms with Gasteiger partial charge in [-0.15, -0.1) is 11.3 Å². The summed E-state index contributed by atoms with van der Waals surface area (Å²) in [7, 11) is 0. The third-order valence-corrected chi connectivity index (χ3v) is 29.0. The van der Waals surface area contributed by atoms with Crippen molar-refractivity contribution in [2.75, 3.05) is 0 Å². The zero-order valence-electron chi connectivity index (χ0n) is 77.8. The molecule has 0 atom stereocenters. The summed E-state index contributed by atoms with van der Waals surface area (Å²) in [6.07, 6.45) is 1.87. The maximum absolute atomic E-state index is 5.23. The van der Waals surface area contributed by atoms with Gasteiger partial charge >= 0.3 is 0 Å². The van der Waals surface area contributed by atoms with Crippen LogP contribution in [-0.4, -0.2) is 57.7 Å². The number of hydrogen-bond acceptors (Lipinski definition) is 8. The lowest BCUT2D eigenvalue weighted by atomic mass is 9.98. The molecule has 0 aliphatic rings. The number of nitrogens with zero attached hydrogens (tertiary/aromatic N) is 12. The van der Waals surface area contributed by atoms with Crippen LogP contribution in [0, 0.1) is 0 Å². The van der Waals surface area contributed by atoms with Crippen molar-refractivity contribution in [1.29, 1.82) is 0 Å². The zero-order chi connectivity index (χ0) is 95.1. The molecule has 9 aromatic heterocycles. The lowest BCUT2D eigenvalue weighted by Crippen LogP contribution is -2.04. The average Bonchev–Trinajstić information content (AvgIpc) is 1.53. The molecule has 0 amide bonds. The molecule has 20 aromatic carbocycles. The molecule has 0 saturated heterocycles. The van der Waals surface area contributed by atoms with Crippen LogP contribution in [-0.2, 0) is 0 Å². The normalized spacial score (nSPS) is 11.6. The first-order valence-electron chi connectivity index (χ1n) is 48.5. The minimum Gasteiger partial charge on any atom is -0.309 e. The maximum Gasteiger partial charge on any atom is 0.235 e. The second-order valence-electron chi connectivity index (χ2n) is 36.2. The minimum absolute atomic E-state index is 0.633. The fourth-order valence-electron chi connectivity index (χ4n) is 21.1. The highest BCUT2D eigenvalue weighted by Gasteiger charge is 2.25. The third-order valence-electron chi connectivity index (χ3n) is 27.8. The largest absolute Gasteiger partial charge is 0.309 e. The second kappa shape index (κ2) is 35.7. The van der Waals surface area contributed by atoms with Gasteiger partial charge in [0.25, 0.3) is 0 Å². The summed E-state index contributed by atoms with van der Waals surface area (Å²) in [5.74, 6) is 3.25. The van der Waals surface area contributed by atoms with Crippen molar-refractivity contribution in [2.24, 2.45) is 0 Å². The molecule has 29 rings (SSSR count). The van der Waals surface area contributed by atoms with Gasteiger partial charge in [0.15, 0.2) is 17.5 Å². The summed E-state index contributed by atoms with van der Waals surface area (Å²) < 4.78 is 14.1. The van der Waals surface area contributed by atoms with Crippen molar-refractivity contribution in [2.45, 2.75) is 0 Å². The highest BCUT2D eigenvalue weighted by Crippen LogP contribution is 2.47. The molecule has 144 heavy (non-hydrogen) atoms. The Kier molecular flexibility index (Phi) is 20.8. The number of thiophene rings is 1. The van der Waals surface area contributed by atoms with E-state index in [0.29, 0.717) is 29.4 Å². The molecule has 0 aliphatic carbocycles. The smallest absolute Gasteiger partial charge is 0.235 e. The number of benzene rings is 20. The van der Waals surface area contributed by atoms with Crippen molar-refractivity contribution < 1.29 is 0 Å². The molecule has 0 radical (unpaired) electrons. The van der Waals surface area contributed by atoms with Gasteiger partial charge < -0.3 is 13.7 Å². The number of rotatable bonds is 14. The van der Waals surface area contributed by atoms with Crippen molar-refractivity contribution in [3.05, 3.63) is 510 Å². The molecule has 9 heterocycles. The number of para-hydroxylation sites is 7. The molecule has 13 heteroatoms. The molecule has 29 aromatic rings. The summed E-state index contributed by atoms with van der Waals surface area (Å²) in [5.41, 5.74) is 30.5. The molecular weight excluding hydrogens is 1770 g/mol. The van der Waals surface area contributed by atoms with E-state index in [1.54, 1.807) is 0 Å². The SMILES string of the molecule is c1ccc(-c2cc(-c3ccccc3)nc(-n3c4ccccc4c4ccc(-c5ccc6c(c5)c5ccccc5n6-c5ccccc5)cc43)n2)cc1.c1ccc(-c2ccc(-c3cccc(-c4ccnc(-n5c6ccccc6c6c7sc8ccccc8c7ccc65)n4)c3)cc2)cc1.c1ccc(-c2nc(-c3ccccc3)nc(-c3cccc(-n4c5ccccc5c5cc(-n6c7ccccc7c7ccccc76)ccc54)c3)n2)cc1. The number of aromatic nitrogens is 12. The summed E-state index contributed by atoms with van der Waals surface area (Å²) in [4.78, 5) is 35.3. The van der Waals surface area contributed by atoms with Gasteiger partial charge in [-0.05, 0) is 161 Å². The first-order valence-corrected chi connectivity index (χ1v) is 49.3. The zero-order valence-corrected chi connectivity index (χ0v) is 78.6. The lowest BCUT2D eigenvalue weighted by Gasteiger charge is -2.12. The Bertz CT molecular complexity index is 9860. The lowest BCUT2D eigenvalue weighted by molar-refractivity contribution is 0.992. The van der Waals surface area contributed by atoms with E-state index in [-0.39, 0.29) is 0 Å². The summed E-state index contributed by atoms with van der Waals surface area (Å²) in [6.45, 7) is 0. The van der Waals surface area contributed by atoms with Crippen LogP contribution in [0.5, 0.6) is 0 Å². The van der Waals surface area contributed by atoms with E-state index in [1.807, 2.05) is 102 Å². The van der Waals surface area contributed by atoms with E-state index < -0.39 is 0 Å². The number of hydrogen-bond donors (Lipinski definition) is 0. The van der Waals surface area contributed by atoms with Crippen molar-refractivity contribution in [3.63, 3.8) is 0 Å². The fraction of sp³-hybridized carbons (Fsp3) is 0.